The van der Waals surface area contributed by atoms with Crippen LogP contribution in [0.2, 0.25) is 0 Å². The molecule has 0 unspecified atom stereocenters. The molecule has 0 saturated carbocycles. The maximum absolute atomic E-state index is 12.8. The van der Waals surface area contributed by atoms with Crippen LogP contribution in [0.1, 0.15) is 52.0 Å². The summed E-state index contributed by atoms with van der Waals surface area (Å²) >= 11 is 0. The van der Waals surface area contributed by atoms with Crippen LogP contribution < -0.4 is 10.6 Å². The number of hydrogen-bond acceptors (Lipinski definition) is 6. The zero-order chi connectivity index (χ0) is 23.4. The highest BCUT2D eigenvalue weighted by Gasteiger charge is 2.48. The number of nitrogens with one attached hydrogen (secondary N) is 2. The van der Waals surface area contributed by atoms with Crippen LogP contribution in [0.3, 0.4) is 0 Å². The van der Waals surface area contributed by atoms with E-state index in [9.17, 15) is 19.2 Å². The molecule has 32 heavy (non-hydrogen) atoms. The summed E-state index contributed by atoms with van der Waals surface area (Å²) in [7, 11) is 0. The Hall–Kier alpha value is -3.10. The van der Waals surface area contributed by atoms with Gasteiger partial charge in [0.05, 0.1) is 0 Å². The van der Waals surface area contributed by atoms with Crippen LogP contribution in [0.15, 0.2) is 30.3 Å². The lowest BCUT2D eigenvalue weighted by Crippen LogP contribution is -2.71. The van der Waals surface area contributed by atoms with Crippen molar-refractivity contribution < 1.29 is 28.7 Å². The molecule has 3 rings (SSSR count). The van der Waals surface area contributed by atoms with Gasteiger partial charge in [-0.25, -0.2) is 4.79 Å². The summed E-state index contributed by atoms with van der Waals surface area (Å²) in [6.07, 6.45) is 0.350. The van der Waals surface area contributed by atoms with Gasteiger partial charge in [-0.15, -0.1) is 0 Å². The van der Waals surface area contributed by atoms with Gasteiger partial charge in [0.25, 0.3) is 0 Å². The molecule has 2 fully saturated rings. The van der Waals surface area contributed by atoms with E-state index in [1.54, 1.807) is 25.7 Å². The average molecular weight is 446 g/mol. The van der Waals surface area contributed by atoms with Crippen LogP contribution >= 0.6 is 0 Å². The smallest absolute Gasteiger partial charge is 0.410 e. The van der Waals surface area contributed by atoms with Gasteiger partial charge in [-0.1, -0.05) is 30.3 Å². The van der Waals surface area contributed by atoms with Crippen LogP contribution in [-0.2, 0) is 30.5 Å². The van der Waals surface area contributed by atoms with Crippen molar-refractivity contribution >= 4 is 23.9 Å². The standard InChI is InChI=1S/C23H31N3O6/c1-22(2,3)32-21(30)26-13-11-23(12-14-26)20(29)24-17(19(28)25-23)9-10-18(27)31-15-16-7-5-4-6-8-16/h4-8,17H,9-15H2,1-3H3,(H,24,29)(H,25,28)/t17-/m0/s1. The van der Waals surface area contributed by atoms with E-state index in [0.717, 1.165) is 5.56 Å². The summed E-state index contributed by atoms with van der Waals surface area (Å²) in [5.74, 6) is -1.04. The Morgan fingerprint density at radius 2 is 1.78 bits per heavy atom. The molecule has 9 nitrogen and oxygen atoms in total. The van der Waals surface area contributed by atoms with Gasteiger partial charge in [-0.3, -0.25) is 14.4 Å². The number of ether oxygens (including phenoxy) is 2. The van der Waals surface area contributed by atoms with Crippen molar-refractivity contribution in [2.75, 3.05) is 13.1 Å². The summed E-state index contributed by atoms with van der Waals surface area (Å²) in [5.41, 5.74) is -0.762. The zero-order valence-electron chi connectivity index (χ0n) is 18.8. The molecule has 1 spiro atoms. The number of piperazine rings is 1. The number of hydrogen-bond donors (Lipinski definition) is 2. The highest BCUT2D eigenvalue weighted by molar-refractivity contribution is 6.00. The Bertz CT molecular complexity index is 856. The van der Waals surface area contributed by atoms with Crippen molar-refractivity contribution in [3.05, 3.63) is 35.9 Å². The summed E-state index contributed by atoms with van der Waals surface area (Å²) < 4.78 is 10.6. The van der Waals surface area contributed by atoms with Gasteiger partial charge in [-0.05, 0) is 45.6 Å². The van der Waals surface area contributed by atoms with E-state index >= 15 is 0 Å². The molecule has 0 aliphatic carbocycles. The third kappa shape index (κ3) is 5.99. The Labute approximate surface area is 187 Å². The molecule has 2 heterocycles. The van der Waals surface area contributed by atoms with Gasteiger partial charge in [0, 0.05) is 19.5 Å². The Kier molecular flexibility index (Phi) is 7.06. The third-order valence-corrected chi connectivity index (χ3v) is 5.57. The van der Waals surface area contributed by atoms with Crippen molar-refractivity contribution in [1.82, 2.24) is 15.5 Å². The van der Waals surface area contributed by atoms with E-state index in [0.29, 0.717) is 25.9 Å². The van der Waals surface area contributed by atoms with Crippen LogP contribution in [0.25, 0.3) is 0 Å². The first-order valence-corrected chi connectivity index (χ1v) is 10.9. The number of piperidine rings is 1. The number of benzene rings is 1. The van der Waals surface area contributed by atoms with Gasteiger partial charge in [-0.2, -0.15) is 0 Å². The maximum Gasteiger partial charge on any atom is 0.410 e. The minimum Gasteiger partial charge on any atom is -0.461 e. The Morgan fingerprint density at radius 3 is 2.41 bits per heavy atom. The lowest BCUT2D eigenvalue weighted by Gasteiger charge is -2.44. The van der Waals surface area contributed by atoms with Crippen molar-refractivity contribution in [2.45, 2.75) is 70.2 Å². The summed E-state index contributed by atoms with van der Waals surface area (Å²) in [6.45, 7) is 6.16. The molecule has 1 atom stereocenters. The highest BCUT2D eigenvalue weighted by atomic mass is 16.6. The molecule has 2 aliphatic heterocycles. The Balaban J connectivity index is 1.46. The van der Waals surface area contributed by atoms with Gasteiger partial charge >= 0.3 is 12.1 Å². The molecule has 9 heteroatoms. The quantitative estimate of drug-likeness (QED) is 0.669. The number of likely N-dealkylation sites (tertiary alicyclic amines) is 1. The normalized spacial score (nSPS) is 20.3. The molecule has 174 valence electrons. The molecule has 2 N–H and O–H groups in total. The lowest BCUT2D eigenvalue weighted by molar-refractivity contribution is -0.147. The van der Waals surface area contributed by atoms with Crippen LogP contribution in [0.5, 0.6) is 0 Å². The fourth-order valence-corrected chi connectivity index (χ4v) is 3.77. The molecule has 2 aliphatic rings. The van der Waals surface area contributed by atoms with Crippen molar-refractivity contribution in [3.63, 3.8) is 0 Å². The number of carbonyl (C=O) groups is 4. The van der Waals surface area contributed by atoms with E-state index in [1.807, 2.05) is 30.3 Å². The van der Waals surface area contributed by atoms with Crippen molar-refractivity contribution in [3.8, 4) is 0 Å². The third-order valence-electron chi connectivity index (χ3n) is 5.57. The molecule has 2 saturated heterocycles. The maximum atomic E-state index is 12.8. The fourth-order valence-electron chi connectivity index (χ4n) is 3.77. The molecular weight excluding hydrogens is 414 g/mol. The molecular formula is C23H31N3O6. The molecule has 1 aromatic rings. The van der Waals surface area contributed by atoms with E-state index in [4.69, 9.17) is 9.47 Å². The topological polar surface area (TPSA) is 114 Å². The fraction of sp³-hybridized carbons (Fsp3) is 0.565. The van der Waals surface area contributed by atoms with E-state index < -0.39 is 29.2 Å². The second kappa shape index (κ2) is 9.58. The monoisotopic (exact) mass is 445 g/mol. The van der Waals surface area contributed by atoms with Crippen molar-refractivity contribution in [2.24, 2.45) is 0 Å². The average Bonchev–Trinajstić information content (AvgIpc) is 2.74. The lowest BCUT2D eigenvalue weighted by atomic mass is 9.83. The van der Waals surface area contributed by atoms with Gasteiger partial charge in [0.1, 0.15) is 23.8 Å². The predicted octanol–water partition coefficient (Wildman–Crippen LogP) is 1.89. The highest BCUT2D eigenvalue weighted by Crippen LogP contribution is 2.27. The minimum atomic E-state index is -1.04. The van der Waals surface area contributed by atoms with E-state index in [2.05, 4.69) is 10.6 Å². The molecule has 0 aromatic heterocycles. The Morgan fingerprint density at radius 1 is 1.12 bits per heavy atom. The molecule has 0 bridgehead atoms. The van der Waals surface area contributed by atoms with Crippen molar-refractivity contribution in [1.29, 1.82) is 0 Å². The zero-order valence-corrected chi connectivity index (χ0v) is 18.8. The summed E-state index contributed by atoms with van der Waals surface area (Å²) in [4.78, 5) is 51.3. The first-order chi connectivity index (χ1) is 15.1. The summed E-state index contributed by atoms with van der Waals surface area (Å²) in [6, 6.07) is 8.52. The van der Waals surface area contributed by atoms with Gasteiger partial charge < -0.3 is 25.0 Å². The van der Waals surface area contributed by atoms with E-state index in [1.165, 1.54) is 0 Å². The number of amides is 3. The SMILES string of the molecule is CC(C)(C)OC(=O)N1CCC2(CC1)NC(=O)[C@H](CCC(=O)OCc1ccccc1)NC2=O. The largest absolute Gasteiger partial charge is 0.461 e. The van der Waals surface area contributed by atoms with Crippen LogP contribution in [-0.4, -0.2) is 59.0 Å². The first kappa shape index (κ1) is 23.6. The number of carbonyl (C=O) groups excluding carboxylic acids is 4. The first-order valence-electron chi connectivity index (χ1n) is 10.9. The second-order valence-corrected chi connectivity index (χ2v) is 9.25. The minimum absolute atomic E-state index is 0.0185. The van der Waals surface area contributed by atoms with Crippen LogP contribution in [0, 0.1) is 0 Å². The van der Waals surface area contributed by atoms with E-state index in [-0.39, 0.29) is 31.3 Å². The predicted molar refractivity (Wildman–Crippen MR) is 115 cm³/mol. The van der Waals surface area contributed by atoms with Crippen LogP contribution in [0.4, 0.5) is 4.79 Å². The second-order valence-electron chi connectivity index (χ2n) is 9.25. The molecule has 1 aromatic carbocycles. The van der Waals surface area contributed by atoms with Gasteiger partial charge in [0.15, 0.2) is 0 Å². The molecule has 0 radical (unpaired) electrons. The molecule has 3 amide bonds. The summed E-state index contributed by atoms with van der Waals surface area (Å²) in [5, 5.41) is 5.58. The number of esters is 1. The number of nitrogens with zero attached hydrogens (tertiary/aromatic N) is 1. The number of rotatable bonds is 5. The van der Waals surface area contributed by atoms with Gasteiger partial charge in [0.2, 0.25) is 11.8 Å².